The lowest BCUT2D eigenvalue weighted by molar-refractivity contribution is 0.0320. The van der Waals surface area contributed by atoms with E-state index < -0.39 is 12.1 Å². The summed E-state index contributed by atoms with van der Waals surface area (Å²) in [5.41, 5.74) is 0.951. The lowest BCUT2D eigenvalue weighted by Gasteiger charge is -2.13. The predicted octanol–water partition coefficient (Wildman–Crippen LogP) is 4.83. The van der Waals surface area contributed by atoms with Crippen LogP contribution in [-0.2, 0) is 4.74 Å². The second kappa shape index (κ2) is 6.78. The highest BCUT2D eigenvalue weighted by Gasteiger charge is 2.19. The molecule has 0 radical (unpaired) electrons. The molecule has 0 spiro atoms. The van der Waals surface area contributed by atoms with Crippen molar-refractivity contribution in [1.82, 2.24) is 9.97 Å². The summed E-state index contributed by atoms with van der Waals surface area (Å²) in [5, 5.41) is 1.20. The zero-order valence-electron chi connectivity index (χ0n) is 13.6. The van der Waals surface area contributed by atoms with Crippen LogP contribution in [0, 0.1) is 13.8 Å². The van der Waals surface area contributed by atoms with Crippen LogP contribution in [-0.4, -0.2) is 15.9 Å². The number of carbonyl (C=O) groups is 1. The van der Waals surface area contributed by atoms with Crippen LogP contribution in [0.4, 0.5) is 0 Å². The van der Waals surface area contributed by atoms with E-state index >= 15 is 0 Å². The Bertz CT molecular complexity index is 1040. The molecule has 25 heavy (non-hydrogen) atoms. The van der Waals surface area contributed by atoms with Gasteiger partial charge in [0.05, 0.1) is 21.0 Å². The molecule has 2 aromatic heterocycles. The van der Waals surface area contributed by atoms with E-state index in [0.717, 1.165) is 10.4 Å². The van der Waals surface area contributed by atoms with Crippen molar-refractivity contribution in [2.24, 2.45) is 0 Å². The van der Waals surface area contributed by atoms with Crippen molar-refractivity contribution in [3.8, 4) is 0 Å². The maximum absolute atomic E-state index is 12.3. The summed E-state index contributed by atoms with van der Waals surface area (Å²) in [6.45, 7) is 5.47. The number of esters is 1. The van der Waals surface area contributed by atoms with Gasteiger partial charge in [0.1, 0.15) is 4.83 Å². The van der Waals surface area contributed by atoms with Gasteiger partial charge in [-0.3, -0.25) is 4.79 Å². The molecule has 0 fully saturated rings. The smallest absolute Gasteiger partial charge is 0.338 e. The van der Waals surface area contributed by atoms with Crippen molar-refractivity contribution in [3.63, 3.8) is 0 Å². The fraction of sp³-hybridized carbons (Fsp3) is 0.235. The number of H-pyrrole nitrogens is 1. The maximum Gasteiger partial charge on any atom is 0.338 e. The molecule has 0 aliphatic heterocycles. The molecule has 0 unspecified atom stereocenters. The van der Waals surface area contributed by atoms with Gasteiger partial charge in [0.25, 0.3) is 5.56 Å². The minimum absolute atomic E-state index is 0.237. The van der Waals surface area contributed by atoms with Crippen LogP contribution in [0.15, 0.2) is 23.0 Å². The summed E-state index contributed by atoms with van der Waals surface area (Å²) in [5.74, 6) is -0.278. The first-order chi connectivity index (χ1) is 11.8. The van der Waals surface area contributed by atoms with E-state index in [9.17, 15) is 9.59 Å². The van der Waals surface area contributed by atoms with Gasteiger partial charge in [0.15, 0.2) is 11.9 Å². The minimum atomic E-state index is -0.721. The molecule has 3 rings (SSSR count). The molecule has 2 heterocycles. The Hall–Kier alpha value is -1.89. The average Bonchev–Trinajstić information content (AvgIpc) is 2.84. The second-order valence-corrected chi connectivity index (χ2v) is 7.61. The Morgan fingerprint density at radius 2 is 2.00 bits per heavy atom. The lowest BCUT2D eigenvalue weighted by Crippen LogP contribution is -2.17. The van der Waals surface area contributed by atoms with E-state index in [1.807, 2.05) is 13.8 Å². The summed E-state index contributed by atoms with van der Waals surface area (Å²) < 4.78 is 5.39. The normalized spacial score (nSPS) is 12.4. The van der Waals surface area contributed by atoms with Crippen LogP contribution in [0.2, 0.25) is 10.0 Å². The predicted molar refractivity (Wildman–Crippen MR) is 100 cm³/mol. The number of aryl methyl sites for hydroxylation is 2. The molecule has 0 amide bonds. The molecule has 130 valence electrons. The first-order valence-corrected chi connectivity index (χ1v) is 9.01. The van der Waals surface area contributed by atoms with E-state index in [4.69, 9.17) is 27.9 Å². The van der Waals surface area contributed by atoms with Crippen LogP contribution in [0.5, 0.6) is 0 Å². The third-order valence-electron chi connectivity index (χ3n) is 3.88. The van der Waals surface area contributed by atoms with Crippen molar-refractivity contribution in [3.05, 3.63) is 60.4 Å². The summed E-state index contributed by atoms with van der Waals surface area (Å²) in [4.78, 5) is 33.4. The number of benzene rings is 1. The number of nitrogens with zero attached hydrogens (tertiary/aromatic N) is 1. The number of ether oxygens (including phenoxy) is 1. The zero-order chi connectivity index (χ0) is 18.3. The lowest BCUT2D eigenvalue weighted by atomic mass is 10.2. The van der Waals surface area contributed by atoms with Gasteiger partial charge < -0.3 is 9.72 Å². The number of aromatic amines is 1. The second-order valence-electron chi connectivity index (χ2n) is 5.59. The molecule has 0 aliphatic rings. The molecule has 5 nitrogen and oxygen atoms in total. The molecule has 8 heteroatoms. The summed E-state index contributed by atoms with van der Waals surface area (Å²) in [7, 11) is 0. The number of thiophene rings is 1. The quantitative estimate of drug-likeness (QED) is 0.643. The average molecular weight is 397 g/mol. The van der Waals surface area contributed by atoms with Crippen LogP contribution in [0.25, 0.3) is 10.2 Å². The maximum atomic E-state index is 12.3. The number of hydrogen-bond acceptors (Lipinski definition) is 5. The topological polar surface area (TPSA) is 72.0 Å². The van der Waals surface area contributed by atoms with Crippen molar-refractivity contribution in [1.29, 1.82) is 0 Å². The van der Waals surface area contributed by atoms with Crippen LogP contribution in [0.3, 0.4) is 0 Å². The molecule has 3 aromatic rings. The van der Waals surface area contributed by atoms with E-state index in [0.29, 0.717) is 21.1 Å². The Labute approximate surface area is 157 Å². The van der Waals surface area contributed by atoms with Crippen molar-refractivity contribution >= 4 is 50.7 Å². The molecule has 1 N–H and O–H groups in total. The largest absolute Gasteiger partial charge is 0.451 e. The number of carbonyl (C=O) groups excluding carboxylic acids is 1. The molecule has 0 saturated heterocycles. The third-order valence-corrected chi connectivity index (χ3v) is 5.72. The van der Waals surface area contributed by atoms with E-state index in [1.54, 1.807) is 6.92 Å². The number of aromatic nitrogens is 2. The van der Waals surface area contributed by atoms with Gasteiger partial charge >= 0.3 is 5.97 Å². The number of nitrogens with one attached hydrogen (secondary N) is 1. The molecule has 1 atom stereocenters. The van der Waals surface area contributed by atoms with Crippen LogP contribution < -0.4 is 5.56 Å². The SMILES string of the molecule is Cc1sc2nc([C@H](C)OC(=O)c3ccc(Cl)c(Cl)c3)[nH]c(=O)c2c1C. The van der Waals surface area contributed by atoms with Gasteiger partial charge in [-0.25, -0.2) is 9.78 Å². The monoisotopic (exact) mass is 396 g/mol. The molecule has 0 aliphatic carbocycles. The highest BCUT2D eigenvalue weighted by atomic mass is 35.5. The fourth-order valence-electron chi connectivity index (χ4n) is 2.37. The molecule has 0 bridgehead atoms. The van der Waals surface area contributed by atoms with Crippen molar-refractivity contribution in [2.45, 2.75) is 26.9 Å². The molecule has 0 saturated carbocycles. The van der Waals surface area contributed by atoms with Gasteiger partial charge in [-0.2, -0.15) is 0 Å². The third kappa shape index (κ3) is 3.42. The Kier molecular flexibility index (Phi) is 4.86. The highest BCUT2D eigenvalue weighted by Crippen LogP contribution is 2.27. The standard InChI is InChI=1S/C17H14Cl2N2O3S/c1-7-9(3)25-16-13(7)15(22)20-14(21-16)8(2)24-17(23)10-4-5-11(18)12(19)6-10/h4-6,8H,1-3H3,(H,20,21,22)/t8-/m0/s1. The molecular weight excluding hydrogens is 383 g/mol. The highest BCUT2D eigenvalue weighted by molar-refractivity contribution is 7.18. The number of rotatable bonds is 3. The van der Waals surface area contributed by atoms with Gasteiger partial charge in [0, 0.05) is 4.88 Å². The van der Waals surface area contributed by atoms with Crippen molar-refractivity contribution < 1.29 is 9.53 Å². The van der Waals surface area contributed by atoms with Gasteiger partial charge in [-0.05, 0) is 44.5 Å². The Morgan fingerprint density at radius 3 is 2.68 bits per heavy atom. The first kappa shape index (κ1) is 17.9. The van der Waals surface area contributed by atoms with Gasteiger partial charge in [0.2, 0.25) is 0 Å². The van der Waals surface area contributed by atoms with Crippen molar-refractivity contribution in [2.75, 3.05) is 0 Å². The Morgan fingerprint density at radius 1 is 1.28 bits per heavy atom. The van der Waals surface area contributed by atoms with E-state index in [-0.39, 0.29) is 16.1 Å². The first-order valence-electron chi connectivity index (χ1n) is 7.44. The summed E-state index contributed by atoms with van der Waals surface area (Å²) in [6, 6.07) is 4.48. The fourth-order valence-corrected chi connectivity index (χ4v) is 3.71. The number of fused-ring (bicyclic) bond motifs is 1. The molecule has 1 aromatic carbocycles. The van der Waals surface area contributed by atoms with Gasteiger partial charge in [-0.1, -0.05) is 23.2 Å². The number of halogens is 2. The summed E-state index contributed by atoms with van der Waals surface area (Å²) >= 11 is 13.2. The summed E-state index contributed by atoms with van der Waals surface area (Å²) in [6.07, 6.45) is -0.721. The van der Waals surface area contributed by atoms with E-state index in [1.165, 1.54) is 29.5 Å². The van der Waals surface area contributed by atoms with Crippen LogP contribution >= 0.6 is 34.5 Å². The molecular formula is C17H14Cl2N2O3S. The van der Waals surface area contributed by atoms with Crippen LogP contribution in [0.1, 0.15) is 39.7 Å². The number of hydrogen-bond donors (Lipinski definition) is 1. The van der Waals surface area contributed by atoms with Gasteiger partial charge in [-0.15, -0.1) is 11.3 Å². The zero-order valence-corrected chi connectivity index (χ0v) is 16.0. The van der Waals surface area contributed by atoms with E-state index in [2.05, 4.69) is 9.97 Å². The Balaban J connectivity index is 1.89. The minimum Gasteiger partial charge on any atom is -0.451 e.